The van der Waals surface area contributed by atoms with E-state index in [2.05, 4.69) is 20.1 Å². The number of ether oxygens (including phenoxy) is 1. The summed E-state index contributed by atoms with van der Waals surface area (Å²) in [5, 5.41) is 3.73. The number of halogens is 1. The molecule has 0 radical (unpaired) electrons. The zero-order valence-electron chi connectivity index (χ0n) is 11.6. The Morgan fingerprint density at radius 1 is 1.22 bits per heavy atom. The van der Waals surface area contributed by atoms with Gasteiger partial charge in [0.05, 0.1) is 0 Å². The number of hydrogen-bond donors (Lipinski definition) is 1. The maximum Gasteiger partial charge on any atom is 0.361 e. The SMILES string of the molecule is Nc1nccnc1C(=O)OCc1nc(-c2ccc(F)cc2)no1. The predicted octanol–water partition coefficient (Wildman–Crippen LogP) is 1.60. The fraction of sp³-hybridized carbons (Fsp3) is 0.0714. The molecule has 0 aliphatic rings. The largest absolute Gasteiger partial charge is 0.451 e. The van der Waals surface area contributed by atoms with E-state index in [9.17, 15) is 9.18 Å². The summed E-state index contributed by atoms with van der Waals surface area (Å²) in [4.78, 5) is 23.4. The second-order valence-corrected chi connectivity index (χ2v) is 4.38. The smallest absolute Gasteiger partial charge is 0.361 e. The molecule has 0 spiro atoms. The van der Waals surface area contributed by atoms with E-state index < -0.39 is 5.97 Å². The molecule has 8 nitrogen and oxygen atoms in total. The lowest BCUT2D eigenvalue weighted by molar-refractivity contribution is 0.0424. The Morgan fingerprint density at radius 2 is 1.96 bits per heavy atom. The normalized spacial score (nSPS) is 10.5. The summed E-state index contributed by atoms with van der Waals surface area (Å²) in [6.45, 7) is -0.247. The summed E-state index contributed by atoms with van der Waals surface area (Å²) in [5.74, 6) is -0.810. The van der Waals surface area contributed by atoms with Crippen LogP contribution in [0.15, 0.2) is 41.2 Å². The molecule has 0 atom stereocenters. The predicted molar refractivity (Wildman–Crippen MR) is 75.3 cm³/mol. The Labute approximate surface area is 129 Å². The minimum atomic E-state index is -0.753. The second kappa shape index (κ2) is 6.18. The number of aromatic nitrogens is 4. The van der Waals surface area contributed by atoms with Gasteiger partial charge in [0.1, 0.15) is 5.82 Å². The summed E-state index contributed by atoms with van der Waals surface area (Å²) in [6.07, 6.45) is 2.69. The van der Waals surface area contributed by atoms with Crippen LogP contribution in [0.1, 0.15) is 16.4 Å². The molecule has 9 heteroatoms. The van der Waals surface area contributed by atoms with E-state index in [1.165, 1.54) is 36.7 Å². The molecule has 0 aliphatic heterocycles. The number of benzene rings is 1. The number of hydrogen-bond acceptors (Lipinski definition) is 8. The molecule has 0 aliphatic carbocycles. The molecule has 0 saturated carbocycles. The molecule has 116 valence electrons. The van der Waals surface area contributed by atoms with Crippen molar-refractivity contribution in [2.24, 2.45) is 0 Å². The quantitative estimate of drug-likeness (QED) is 0.721. The van der Waals surface area contributed by atoms with Crippen molar-refractivity contribution in [3.8, 4) is 11.4 Å². The average molecular weight is 315 g/mol. The van der Waals surface area contributed by atoms with E-state index in [1.807, 2.05) is 0 Å². The van der Waals surface area contributed by atoms with Gasteiger partial charge in [-0.05, 0) is 24.3 Å². The van der Waals surface area contributed by atoms with E-state index >= 15 is 0 Å². The van der Waals surface area contributed by atoms with E-state index in [0.29, 0.717) is 5.56 Å². The Kier molecular flexibility index (Phi) is 3.91. The molecule has 2 aromatic heterocycles. The Morgan fingerprint density at radius 3 is 2.70 bits per heavy atom. The van der Waals surface area contributed by atoms with Gasteiger partial charge in [-0.3, -0.25) is 0 Å². The van der Waals surface area contributed by atoms with Crippen molar-refractivity contribution in [2.45, 2.75) is 6.61 Å². The molecule has 0 amide bonds. The molecule has 2 heterocycles. The molecular formula is C14H10FN5O3. The van der Waals surface area contributed by atoms with Gasteiger partial charge < -0.3 is 15.0 Å². The van der Waals surface area contributed by atoms with Crippen LogP contribution in [0.5, 0.6) is 0 Å². The van der Waals surface area contributed by atoms with E-state index in [0.717, 1.165) is 0 Å². The number of carbonyl (C=O) groups is 1. The second-order valence-electron chi connectivity index (χ2n) is 4.38. The van der Waals surface area contributed by atoms with Gasteiger partial charge in [0.25, 0.3) is 5.89 Å². The van der Waals surface area contributed by atoms with Gasteiger partial charge in [0.15, 0.2) is 18.1 Å². The Balaban J connectivity index is 1.67. The minimum Gasteiger partial charge on any atom is -0.451 e. The van der Waals surface area contributed by atoms with Crippen LogP contribution in [0, 0.1) is 5.82 Å². The van der Waals surface area contributed by atoms with Crippen LogP contribution in [0.4, 0.5) is 10.2 Å². The average Bonchev–Trinajstić information content (AvgIpc) is 3.03. The van der Waals surface area contributed by atoms with Crippen LogP contribution in [0.3, 0.4) is 0 Å². The molecule has 0 saturated heterocycles. The summed E-state index contributed by atoms with van der Waals surface area (Å²) in [6, 6.07) is 5.58. The van der Waals surface area contributed by atoms with Gasteiger partial charge in [0, 0.05) is 18.0 Å². The van der Waals surface area contributed by atoms with Gasteiger partial charge in [-0.25, -0.2) is 19.2 Å². The first kappa shape index (κ1) is 14.6. The van der Waals surface area contributed by atoms with Gasteiger partial charge in [-0.15, -0.1) is 0 Å². The highest BCUT2D eigenvalue weighted by Gasteiger charge is 2.16. The lowest BCUT2D eigenvalue weighted by atomic mass is 10.2. The van der Waals surface area contributed by atoms with Crippen molar-refractivity contribution in [3.05, 3.63) is 54.1 Å². The first-order valence-corrected chi connectivity index (χ1v) is 6.45. The van der Waals surface area contributed by atoms with Crippen molar-refractivity contribution in [1.29, 1.82) is 0 Å². The fourth-order valence-corrected chi connectivity index (χ4v) is 1.73. The number of carbonyl (C=O) groups excluding carboxylic acids is 1. The monoisotopic (exact) mass is 315 g/mol. The third-order valence-corrected chi connectivity index (χ3v) is 2.82. The number of nitrogens with zero attached hydrogens (tertiary/aromatic N) is 4. The molecule has 0 fully saturated rings. The van der Waals surface area contributed by atoms with Crippen LogP contribution >= 0.6 is 0 Å². The molecule has 3 aromatic rings. The van der Waals surface area contributed by atoms with Crippen LogP contribution in [-0.4, -0.2) is 26.1 Å². The molecule has 0 unspecified atom stereocenters. The van der Waals surface area contributed by atoms with Crippen LogP contribution in [0.2, 0.25) is 0 Å². The van der Waals surface area contributed by atoms with E-state index in [1.54, 1.807) is 0 Å². The minimum absolute atomic E-state index is 0.0324. The number of esters is 1. The van der Waals surface area contributed by atoms with Gasteiger partial charge >= 0.3 is 5.97 Å². The zero-order chi connectivity index (χ0) is 16.2. The summed E-state index contributed by atoms with van der Waals surface area (Å²) >= 11 is 0. The van der Waals surface area contributed by atoms with Gasteiger partial charge in [-0.1, -0.05) is 5.16 Å². The lowest BCUT2D eigenvalue weighted by Gasteiger charge is -2.02. The van der Waals surface area contributed by atoms with Crippen molar-refractivity contribution in [2.75, 3.05) is 5.73 Å². The molecular weight excluding hydrogens is 305 g/mol. The molecule has 0 bridgehead atoms. The number of nitrogen functional groups attached to an aromatic ring is 1. The fourth-order valence-electron chi connectivity index (χ4n) is 1.73. The van der Waals surface area contributed by atoms with Crippen LogP contribution < -0.4 is 5.73 Å². The number of rotatable bonds is 4. The standard InChI is InChI=1S/C14H10FN5O3/c15-9-3-1-8(2-4-9)13-19-10(23-20-13)7-22-14(21)11-12(16)18-6-5-17-11/h1-6H,7H2,(H2,16,18). The van der Waals surface area contributed by atoms with Crippen molar-refractivity contribution in [3.63, 3.8) is 0 Å². The van der Waals surface area contributed by atoms with Gasteiger partial charge in [-0.2, -0.15) is 4.98 Å². The van der Waals surface area contributed by atoms with Crippen molar-refractivity contribution >= 4 is 11.8 Å². The van der Waals surface area contributed by atoms with Crippen molar-refractivity contribution in [1.82, 2.24) is 20.1 Å². The highest BCUT2D eigenvalue weighted by Crippen LogP contribution is 2.16. The maximum absolute atomic E-state index is 12.9. The molecule has 2 N–H and O–H groups in total. The van der Waals surface area contributed by atoms with Gasteiger partial charge in [0.2, 0.25) is 5.82 Å². The lowest BCUT2D eigenvalue weighted by Crippen LogP contribution is -2.11. The third-order valence-electron chi connectivity index (χ3n) is 2.82. The Hall–Kier alpha value is -3.36. The van der Waals surface area contributed by atoms with Crippen LogP contribution in [-0.2, 0) is 11.3 Å². The van der Waals surface area contributed by atoms with Crippen molar-refractivity contribution < 1.29 is 18.4 Å². The third kappa shape index (κ3) is 3.28. The van der Waals surface area contributed by atoms with E-state index in [-0.39, 0.29) is 35.7 Å². The maximum atomic E-state index is 12.9. The zero-order valence-corrected chi connectivity index (χ0v) is 11.6. The van der Waals surface area contributed by atoms with E-state index in [4.69, 9.17) is 15.0 Å². The van der Waals surface area contributed by atoms with Crippen LogP contribution in [0.25, 0.3) is 11.4 Å². The summed E-state index contributed by atoms with van der Waals surface area (Å²) in [5.41, 5.74) is 6.01. The Bertz CT molecular complexity index is 834. The summed E-state index contributed by atoms with van der Waals surface area (Å²) in [7, 11) is 0. The molecule has 1 aromatic carbocycles. The highest BCUT2D eigenvalue weighted by molar-refractivity contribution is 5.91. The highest BCUT2D eigenvalue weighted by atomic mass is 19.1. The molecule has 3 rings (SSSR count). The number of nitrogens with two attached hydrogens (primary N) is 1. The number of anilines is 1. The molecule has 23 heavy (non-hydrogen) atoms. The first-order valence-electron chi connectivity index (χ1n) is 6.45. The first-order chi connectivity index (χ1) is 11.1. The summed E-state index contributed by atoms with van der Waals surface area (Å²) < 4.78 is 22.8. The topological polar surface area (TPSA) is 117 Å².